The lowest BCUT2D eigenvalue weighted by atomic mass is 10.1. The Labute approximate surface area is 299 Å². The number of aliphatic hydroxyl groups excluding tert-OH is 2. The quantitative estimate of drug-likeness (QED) is 0.188. The molecule has 0 saturated carbocycles. The van der Waals surface area contributed by atoms with Crippen molar-refractivity contribution in [3.05, 3.63) is 38.2 Å². The summed E-state index contributed by atoms with van der Waals surface area (Å²) in [5, 5.41) is 32.0. The zero-order valence-corrected chi connectivity index (χ0v) is 30.9. The Hall–Kier alpha value is -2.96. The summed E-state index contributed by atoms with van der Waals surface area (Å²) >= 11 is 11.8. The normalized spacial score (nSPS) is 19.7. The van der Waals surface area contributed by atoms with Gasteiger partial charge in [0.15, 0.2) is 5.15 Å². The van der Waals surface area contributed by atoms with E-state index in [9.17, 15) is 23.4 Å². The summed E-state index contributed by atoms with van der Waals surface area (Å²) < 4.78 is 24.5. The molecule has 0 aliphatic carbocycles. The zero-order chi connectivity index (χ0) is 35.4. The van der Waals surface area contributed by atoms with Crippen LogP contribution in [0.15, 0.2) is 20.7 Å². The minimum absolute atomic E-state index is 0.0132. The Kier molecular flexibility index (Phi) is 12.5. The molecule has 6 rings (SSSR count). The van der Waals surface area contributed by atoms with Crippen LogP contribution in [0.3, 0.4) is 0 Å². The lowest BCUT2D eigenvalue weighted by Gasteiger charge is -2.36. The smallest absolute Gasteiger partial charge is 0.287 e. The number of H-pyrrole nitrogens is 1. The van der Waals surface area contributed by atoms with Gasteiger partial charge in [-0.05, 0) is 23.4 Å². The Bertz CT molecular complexity index is 1760. The van der Waals surface area contributed by atoms with E-state index in [4.69, 9.17) is 33.2 Å². The number of fused-ring (bicyclic) bond motifs is 2. The van der Waals surface area contributed by atoms with E-state index >= 15 is 0 Å². The van der Waals surface area contributed by atoms with Crippen LogP contribution in [0.2, 0.25) is 10.4 Å². The highest BCUT2D eigenvalue weighted by molar-refractivity contribution is 7.85. The van der Waals surface area contributed by atoms with Crippen molar-refractivity contribution in [2.24, 2.45) is 11.8 Å². The molecule has 49 heavy (non-hydrogen) atoms. The first kappa shape index (κ1) is 37.3. The van der Waals surface area contributed by atoms with Gasteiger partial charge in [0.2, 0.25) is 11.2 Å². The highest BCUT2D eigenvalue weighted by Gasteiger charge is 2.30. The third-order valence-electron chi connectivity index (χ3n) is 8.64. The molecule has 6 heterocycles. The van der Waals surface area contributed by atoms with E-state index < -0.39 is 21.6 Å². The number of aromatic amines is 1. The Balaban J connectivity index is 0.000000221. The van der Waals surface area contributed by atoms with Crippen molar-refractivity contribution in [1.29, 1.82) is 0 Å². The maximum absolute atomic E-state index is 12.5. The summed E-state index contributed by atoms with van der Waals surface area (Å²) in [6.07, 6.45) is 1.30. The summed E-state index contributed by atoms with van der Waals surface area (Å²) in [7, 11) is -2.22. The fourth-order valence-electron chi connectivity index (χ4n) is 5.64. The van der Waals surface area contributed by atoms with Crippen molar-refractivity contribution < 1.29 is 18.6 Å². The number of aryl methyl sites for hydroxylation is 2. The third kappa shape index (κ3) is 8.68. The van der Waals surface area contributed by atoms with Crippen molar-refractivity contribution in [1.82, 2.24) is 30.1 Å². The first-order valence-corrected chi connectivity index (χ1v) is 19.5. The molecule has 4 atom stereocenters. The largest absolute Gasteiger partial charge is 0.394 e. The molecule has 3 aliphatic heterocycles. The highest BCUT2D eigenvalue weighted by atomic mass is 35.5. The topological polar surface area (TPSA) is 202 Å². The lowest BCUT2D eigenvalue weighted by molar-refractivity contribution is 0.248. The number of nitrogens with zero attached hydrogens (tertiary/aromatic N) is 7. The number of aliphatic hydroxyl groups is 2. The van der Waals surface area contributed by atoms with Gasteiger partial charge >= 0.3 is 0 Å². The Morgan fingerprint density at radius 1 is 0.816 bits per heavy atom. The van der Waals surface area contributed by atoms with E-state index in [1.807, 2.05) is 32.6 Å². The second-order valence-corrected chi connectivity index (χ2v) is 16.3. The molecule has 3 aromatic heterocycles. The molecule has 5 N–H and O–H groups in total. The predicted octanol–water partition coefficient (Wildman–Crippen LogP) is 1.85. The van der Waals surface area contributed by atoms with Gasteiger partial charge in [-0.1, -0.05) is 39.3 Å². The van der Waals surface area contributed by atoms with Gasteiger partial charge in [0.05, 0.1) is 58.3 Å². The van der Waals surface area contributed by atoms with Crippen LogP contribution < -0.4 is 26.0 Å². The molecule has 15 nitrogen and oxygen atoms in total. The molecular formula is C30H42Cl2N10O5S2. The third-order valence-corrected chi connectivity index (χ3v) is 11.9. The molecule has 0 bridgehead atoms. The molecule has 0 radical (unpaired) electrons. The van der Waals surface area contributed by atoms with Crippen LogP contribution in [0, 0.1) is 11.8 Å². The Morgan fingerprint density at radius 2 is 1.33 bits per heavy atom. The number of hydrogen-bond acceptors (Lipinski definition) is 14. The van der Waals surface area contributed by atoms with E-state index in [-0.39, 0.29) is 53.1 Å². The maximum atomic E-state index is 12.5. The average molecular weight is 758 g/mol. The number of anilines is 4. The highest BCUT2D eigenvalue weighted by Crippen LogP contribution is 2.32. The predicted molar refractivity (Wildman–Crippen MR) is 192 cm³/mol. The second kappa shape index (κ2) is 16.4. The second-order valence-electron chi connectivity index (χ2n) is 12.6. The summed E-state index contributed by atoms with van der Waals surface area (Å²) in [6, 6.07) is 1.24. The van der Waals surface area contributed by atoms with Gasteiger partial charge in [-0.2, -0.15) is 15.1 Å². The van der Waals surface area contributed by atoms with Gasteiger partial charge in [0.25, 0.3) is 5.56 Å². The zero-order valence-electron chi connectivity index (χ0n) is 27.8. The van der Waals surface area contributed by atoms with Gasteiger partial charge in [-0.25, -0.2) is 15.1 Å². The minimum Gasteiger partial charge on any atom is -0.394 e. The molecule has 0 spiro atoms. The van der Waals surface area contributed by atoms with Crippen LogP contribution in [0.4, 0.5) is 23.3 Å². The number of hydrogen-bond donors (Lipinski definition) is 5. The van der Waals surface area contributed by atoms with E-state index in [1.165, 1.54) is 0 Å². The van der Waals surface area contributed by atoms with Crippen molar-refractivity contribution in [2.75, 3.05) is 71.3 Å². The van der Waals surface area contributed by atoms with Crippen LogP contribution in [0.25, 0.3) is 0 Å². The van der Waals surface area contributed by atoms with E-state index in [2.05, 4.69) is 35.7 Å². The number of piperazine rings is 1. The lowest BCUT2D eigenvalue weighted by Crippen LogP contribution is -2.48. The first-order valence-electron chi connectivity index (χ1n) is 16.1. The summed E-state index contributed by atoms with van der Waals surface area (Å²) in [4.78, 5) is 35.0. The Morgan fingerprint density at radius 3 is 1.86 bits per heavy atom. The van der Waals surface area contributed by atoms with E-state index in [1.54, 1.807) is 6.07 Å². The molecule has 0 amide bonds. The number of rotatable bonds is 10. The molecule has 3 aromatic rings. The molecule has 19 heteroatoms. The molecule has 0 aromatic carbocycles. The fourth-order valence-corrected chi connectivity index (χ4v) is 8.60. The minimum atomic E-state index is -1.14. The first-order chi connectivity index (χ1) is 23.4. The molecule has 2 unspecified atom stereocenters. The summed E-state index contributed by atoms with van der Waals surface area (Å²) in [5.41, 5.74) is 1.77. The number of nitrogens with one attached hydrogen (secondary N) is 3. The molecule has 1 saturated heterocycles. The van der Waals surface area contributed by atoms with Crippen molar-refractivity contribution >= 4 is 68.1 Å². The van der Waals surface area contributed by atoms with Crippen LogP contribution in [-0.2, 0) is 34.4 Å². The summed E-state index contributed by atoms with van der Waals surface area (Å²) in [5.74, 6) is 3.12. The monoisotopic (exact) mass is 756 g/mol. The van der Waals surface area contributed by atoms with Crippen molar-refractivity contribution in [3.63, 3.8) is 0 Å². The van der Waals surface area contributed by atoms with E-state index in [0.717, 1.165) is 11.4 Å². The molecule has 268 valence electrons. The van der Waals surface area contributed by atoms with Crippen molar-refractivity contribution in [2.45, 2.75) is 62.4 Å². The molecule has 1 fully saturated rings. The number of aromatic nitrogens is 6. The average Bonchev–Trinajstić information content (AvgIpc) is 3.65. The van der Waals surface area contributed by atoms with Crippen LogP contribution in [0.5, 0.6) is 0 Å². The van der Waals surface area contributed by atoms with Gasteiger partial charge in [-0.15, -0.1) is 0 Å². The SMILES string of the molecule is CC(C)[C@H](CO)Nc1nc(Cl)nc2c1S(=O)CC2.CC(C)[C@H](CO)Nc1nc(N2CCN(c3cc(Cl)n[nH]c3=O)CC2)nc2c1S(=O)CC2. The van der Waals surface area contributed by atoms with Gasteiger partial charge in [-0.3, -0.25) is 13.2 Å². The molecule has 3 aliphatic rings. The number of halogens is 2. The standard InChI is InChI=1S/C19H26ClN7O3S.C11H16ClN3O2S/c1-11(2)13(10-28)21-17-16-12(3-8-31(16)30)22-19(23-17)27-6-4-26(5-7-27)14-9-15(20)24-25-18(14)29;1-6(2)8(5-16)13-10-9-7(3-4-18(9)17)14-11(12)15-10/h9,11,13,28H,3-8,10H2,1-2H3,(H,25,29)(H,21,22,23);6,8,16H,3-5H2,1-2H3,(H,13,14,15)/t13-,31?;8-,18?/m00/s1. The van der Waals surface area contributed by atoms with Crippen LogP contribution in [-0.4, -0.2) is 112 Å². The molecular weight excluding hydrogens is 715 g/mol. The van der Waals surface area contributed by atoms with Gasteiger partial charge < -0.3 is 30.6 Å². The van der Waals surface area contributed by atoms with Gasteiger partial charge in [0, 0.05) is 56.6 Å². The van der Waals surface area contributed by atoms with Crippen LogP contribution in [0.1, 0.15) is 39.1 Å². The summed E-state index contributed by atoms with van der Waals surface area (Å²) in [6.45, 7) is 10.4. The van der Waals surface area contributed by atoms with Crippen LogP contribution >= 0.6 is 23.2 Å². The fraction of sp³-hybridized carbons (Fsp3) is 0.600. The maximum Gasteiger partial charge on any atom is 0.287 e. The van der Waals surface area contributed by atoms with E-state index in [0.29, 0.717) is 83.6 Å². The van der Waals surface area contributed by atoms with Crippen molar-refractivity contribution in [3.8, 4) is 0 Å². The van der Waals surface area contributed by atoms with Gasteiger partial charge in [0.1, 0.15) is 27.1 Å².